The summed E-state index contributed by atoms with van der Waals surface area (Å²) in [5, 5.41) is 5.01. The van der Waals surface area contributed by atoms with Crippen molar-refractivity contribution >= 4 is 35.3 Å². The monoisotopic (exact) mass is 520 g/mol. The number of rotatable bonds is 4. The fourth-order valence-electron chi connectivity index (χ4n) is 5.39. The minimum absolute atomic E-state index is 0.00698. The van der Waals surface area contributed by atoms with Gasteiger partial charge in [0.1, 0.15) is 23.0 Å². The second kappa shape index (κ2) is 9.32. The number of nitrogens with zero attached hydrogens (tertiary/aromatic N) is 2. The molecular weight excluding hydrogens is 491 g/mol. The van der Waals surface area contributed by atoms with Crippen LogP contribution in [0.3, 0.4) is 0 Å². The fourth-order valence-corrected chi connectivity index (χ4v) is 5.97. The van der Waals surface area contributed by atoms with Crippen LogP contribution in [0.4, 0.5) is 4.79 Å². The molecule has 3 aliphatic rings. The number of carbonyl (C=O) groups is 2. The van der Waals surface area contributed by atoms with Gasteiger partial charge in [0.15, 0.2) is 5.76 Å². The molecular formula is C26H30Cl2N2O5. The average Bonchev–Trinajstić information content (AvgIpc) is 3.24. The van der Waals surface area contributed by atoms with E-state index in [4.69, 9.17) is 37.2 Å². The van der Waals surface area contributed by atoms with E-state index < -0.39 is 11.6 Å². The van der Waals surface area contributed by atoms with Crippen molar-refractivity contribution < 1.29 is 23.6 Å². The summed E-state index contributed by atoms with van der Waals surface area (Å²) in [6, 6.07) is 5.15. The lowest BCUT2D eigenvalue weighted by Gasteiger charge is -2.39. The largest absolute Gasteiger partial charge is 0.458 e. The lowest BCUT2D eigenvalue weighted by atomic mass is 9.81. The van der Waals surface area contributed by atoms with Crippen molar-refractivity contribution in [1.82, 2.24) is 10.1 Å². The van der Waals surface area contributed by atoms with E-state index >= 15 is 0 Å². The zero-order valence-corrected chi connectivity index (χ0v) is 21.7. The van der Waals surface area contributed by atoms with Gasteiger partial charge in [0, 0.05) is 36.4 Å². The molecule has 2 aromatic rings. The molecule has 1 aromatic heterocycles. The Morgan fingerprint density at radius 2 is 1.69 bits per heavy atom. The van der Waals surface area contributed by atoms with Gasteiger partial charge in [-0.1, -0.05) is 40.8 Å². The van der Waals surface area contributed by atoms with Crippen molar-refractivity contribution in [3.63, 3.8) is 0 Å². The molecule has 0 N–H and O–H groups in total. The first-order valence-corrected chi connectivity index (χ1v) is 13.0. The van der Waals surface area contributed by atoms with Gasteiger partial charge in [0.2, 0.25) is 0 Å². The van der Waals surface area contributed by atoms with Gasteiger partial charge < -0.3 is 18.9 Å². The number of benzene rings is 1. The highest BCUT2D eigenvalue weighted by Gasteiger charge is 2.46. The van der Waals surface area contributed by atoms with Crippen LogP contribution in [0.5, 0.6) is 0 Å². The van der Waals surface area contributed by atoms with Gasteiger partial charge in [-0.05, 0) is 58.6 Å². The van der Waals surface area contributed by atoms with Gasteiger partial charge in [-0.25, -0.2) is 9.59 Å². The molecule has 35 heavy (non-hydrogen) atoms. The van der Waals surface area contributed by atoms with Gasteiger partial charge in [-0.15, -0.1) is 0 Å². The van der Waals surface area contributed by atoms with Crippen LogP contribution in [-0.4, -0.2) is 45.9 Å². The predicted octanol–water partition coefficient (Wildman–Crippen LogP) is 7.00. The number of ether oxygens (including phenoxy) is 2. The highest BCUT2D eigenvalue weighted by atomic mass is 35.5. The highest BCUT2D eigenvalue weighted by molar-refractivity contribution is 6.39. The van der Waals surface area contributed by atoms with Crippen molar-refractivity contribution in [2.24, 2.45) is 0 Å². The van der Waals surface area contributed by atoms with Crippen LogP contribution in [0, 0.1) is 0 Å². The second-order valence-electron chi connectivity index (χ2n) is 10.8. The summed E-state index contributed by atoms with van der Waals surface area (Å²) < 4.78 is 17.3. The molecule has 2 saturated heterocycles. The Bertz CT molecular complexity index is 1100. The van der Waals surface area contributed by atoms with E-state index in [0.29, 0.717) is 45.5 Å². The van der Waals surface area contributed by atoms with Crippen LogP contribution in [0.15, 0.2) is 22.7 Å². The third-order valence-corrected chi connectivity index (χ3v) is 7.80. The van der Waals surface area contributed by atoms with Crippen molar-refractivity contribution in [2.75, 3.05) is 0 Å². The first kappa shape index (κ1) is 24.4. The molecule has 2 aliphatic heterocycles. The Balaban J connectivity index is 1.37. The molecule has 7 nitrogen and oxygen atoms in total. The van der Waals surface area contributed by atoms with Crippen LogP contribution >= 0.6 is 23.2 Å². The van der Waals surface area contributed by atoms with Gasteiger partial charge >= 0.3 is 12.1 Å². The van der Waals surface area contributed by atoms with Gasteiger partial charge in [0.25, 0.3) is 0 Å². The smallest absolute Gasteiger partial charge is 0.410 e. The summed E-state index contributed by atoms with van der Waals surface area (Å²) in [7, 11) is 0. The van der Waals surface area contributed by atoms with Crippen molar-refractivity contribution in [3.8, 4) is 11.3 Å². The van der Waals surface area contributed by atoms with Gasteiger partial charge in [0.05, 0.1) is 10.0 Å². The van der Waals surface area contributed by atoms with Crippen LogP contribution in [0.25, 0.3) is 11.3 Å². The van der Waals surface area contributed by atoms with E-state index in [1.807, 2.05) is 25.7 Å². The molecule has 1 amide bonds. The van der Waals surface area contributed by atoms with E-state index in [1.54, 1.807) is 18.2 Å². The SMILES string of the molecule is CC(C)(C)OC(=O)N1C2CCC1CC(OC(=O)c1c(-c3c(Cl)cccc3Cl)noc1C1CCC1)C2. The van der Waals surface area contributed by atoms with Crippen molar-refractivity contribution in [2.45, 2.75) is 95.4 Å². The van der Waals surface area contributed by atoms with Crippen LogP contribution in [-0.2, 0) is 9.47 Å². The molecule has 0 spiro atoms. The maximum atomic E-state index is 13.6. The summed E-state index contributed by atoms with van der Waals surface area (Å²) >= 11 is 12.9. The number of hydrogen-bond donors (Lipinski definition) is 0. The molecule has 2 unspecified atom stereocenters. The molecule has 0 radical (unpaired) electrons. The number of aromatic nitrogens is 1. The van der Waals surface area contributed by atoms with Gasteiger partial charge in [-0.2, -0.15) is 0 Å². The predicted molar refractivity (Wildman–Crippen MR) is 132 cm³/mol. The summed E-state index contributed by atoms with van der Waals surface area (Å²) in [4.78, 5) is 28.2. The van der Waals surface area contributed by atoms with E-state index in [1.165, 1.54) is 0 Å². The minimum Gasteiger partial charge on any atom is -0.458 e. The molecule has 3 heterocycles. The zero-order chi connectivity index (χ0) is 24.9. The Kier molecular flexibility index (Phi) is 6.51. The van der Waals surface area contributed by atoms with Gasteiger partial charge in [-0.3, -0.25) is 0 Å². The Hall–Kier alpha value is -2.25. The molecule has 3 fully saturated rings. The number of halogens is 2. The lowest BCUT2D eigenvalue weighted by Crippen LogP contribution is -2.50. The lowest BCUT2D eigenvalue weighted by molar-refractivity contribution is -0.0227. The fraction of sp³-hybridized carbons (Fsp3) is 0.577. The van der Waals surface area contributed by atoms with Crippen molar-refractivity contribution in [3.05, 3.63) is 39.6 Å². The second-order valence-corrected chi connectivity index (χ2v) is 11.6. The van der Waals surface area contributed by atoms with E-state index in [0.717, 1.165) is 32.1 Å². The molecule has 1 saturated carbocycles. The number of carbonyl (C=O) groups excluding carboxylic acids is 2. The molecule has 1 aliphatic carbocycles. The Morgan fingerprint density at radius 1 is 1.06 bits per heavy atom. The molecule has 9 heteroatoms. The van der Waals surface area contributed by atoms with E-state index in [-0.39, 0.29) is 30.2 Å². The van der Waals surface area contributed by atoms with Crippen molar-refractivity contribution in [1.29, 1.82) is 0 Å². The van der Waals surface area contributed by atoms with Crippen LogP contribution < -0.4 is 0 Å². The molecule has 2 atom stereocenters. The summed E-state index contributed by atoms with van der Waals surface area (Å²) in [5.41, 5.74) is 0.549. The number of piperidine rings is 1. The van der Waals surface area contributed by atoms with Crippen LogP contribution in [0.2, 0.25) is 10.0 Å². The maximum Gasteiger partial charge on any atom is 0.410 e. The summed E-state index contributed by atoms with van der Waals surface area (Å²) in [6.07, 6.45) is 5.25. The summed E-state index contributed by atoms with van der Waals surface area (Å²) in [6.45, 7) is 5.59. The van der Waals surface area contributed by atoms with Crippen LogP contribution in [0.1, 0.15) is 87.8 Å². The number of hydrogen-bond acceptors (Lipinski definition) is 6. The van der Waals surface area contributed by atoms with E-state index in [9.17, 15) is 9.59 Å². The zero-order valence-electron chi connectivity index (χ0n) is 20.2. The minimum atomic E-state index is -0.553. The number of esters is 1. The number of fused-ring (bicyclic) bond motifs is 2. The van der Waals surface area contributed by atoms with E-state index in [2.05, 4.69) is 5.16 Å². The first-order valence-electron chi connectivity index (χ1n) is 12.3. The topological polar surface area (TPSA) is 81.9 Å². The Morgan fingerprint density at radius 3 is 2.23 bits per heavy atom. The number of amides is 1. The average molecular weight is 521 g/mol. The normalized spacial score (nSPS) is 24.3. The summed E-state index contributed by atoms with van der Waals surface area (Å²) in [5.74, 6) is 0.195. The molecule has 2 bridgehead atoms. The third kappa shape index (κ3) is 4.77. The molecule has 188 valence electrons. The molecule has 1 aromatic carbocycles. The third-order valence-electron chi connectivity index (χ3n) is 7.17. The Labute approximate surface area is 215 Å². The molecule has 5 rings (SSSR count). The quantitative estimate of drug-likeness (QED) is 0.403. The first-order chi connectivity index (χ1) is 16.6. The maximum absolute atomic E-state index is 13.6. The standard InChI is InChI=1S/C26H30Cl2N2O5/c1-26(2,3)34-25(32)30-15-10-11-16(30)13-17(12-15)33-24(31)21-22(20-18(27)8-5-9-19(20)28)29-35-23(21)14-6-4-7-14/h5,8-9,14-17H,4,6-7,10-13H2,1-3H3. The highest BCUT2D eigenvalue weighted by Crippen LogP contribution is 2.44.